The normalized spacial score (nSPS) is 19.5. The molecule has 0 atom stereocenters. The van der Waals surface area contributed by atoms with Crippen molar-refractivity contribution in [1.29, 1.82) is 0 Å². The highest BCUT2D eigenvalue weighted by Crippen LogP contribution is 2.44. The molecule has 0 aliphatic carbocycles. The first-order chi connectivity index (χ1) is 6.25. The fraction of sp³-hybridized carbons (Fsp3) is 0.167. The Morgan fingerprint density at radius 2 is 1.36 bits per heavy atom. The second-order valence-electron chi connectivity index (χ2n) is 2.12. The van der Waals surface area contributed by atoms with Gasteiger partial charge in [-0.2, -0.15) is 22.0 Å². The molecule has 1 heterocycles. The van der Waals surface area contributed by atoms with Crippen LogP contribution in [-0.4, -0.2) is 9.94 Å². The molecule has 0 N–H and O–H groups in total. The Bertz CT molecular complexity index is 359. The average Bonchev–Trinajstić information content (AvgIpc) is 1.98. The minimum absolute atomic E-state index is 1.85. The van der Waals surface area contributed by atoms with E-state index in [9.17, 15) is 30.7 Å². The molecule has 1 aliphatic heterocycles. The van der Waals surface area contributed by atoms with Crippen LogP contribution in [0.4, 0.5) is 30.7 Å². The van der Waals surface area contributed by atoms with Gasteiger partial charge in [0.25, 0.3) is 0 Å². The van der Waals surface area contributed by atoms with E-state index in [1.807, 2.05) is 0 Å². The minimum Gasteiger partial charge on any atom is -0.202 e. The predicted octanol–water partition coefficient (Wildman–Crippen LogP) is 3.96. The van der Waals surface area contributed by atoms with Crippen molar-refractivity contribution in [2.24, 2.45) is 0 Å². The van der Waals surface area contributed by atoms with Gasteiger partial charge in [0.15, 0.2) is 19.2 Å². The number of alkyl halides is 3. The largest absolute Gasteiger partial charge is 0.422 e. The molecule has 14 heavy (non-hydrogen) atoms. The molecule has 0 bridgehead atoms. The SMILES string of the molecule is FC1=IC(F)=C(F)C(C(F)(F)F)=C1F. The maximum Gasteiger partial charge on any atom is 0.422 e. The molecule has 0 spiro atoms. The molecule has 1 rings (SSSR count). The van der Waals surface area contributed by atoms with Crippen LogP contribution in [0.5, 0.6) is 0 Å². The van der Waals surface area contributed by atoms with Crippen LogP contribution in [0.3, 0.4) is 0 Å². The van der Waals surface area contributed by atoms with E-state index in [2.05, 4.69) is 0 Å². The second-order valence-corrected chi connectivity index (χ2v) is 4.55. The van der Waals surface area contributed by atoms with Gasteiger partial charge in [0.05, 0.1) is 0 Å². The number of rotatable bonds is 0. The van der Waals surface area contributed by atoms with E-state index in [-0.39, 0.29) is 0 Å². The number of hydrogen-bond donors (Lipinski definition) is 0. The van der Waals surface area contributed by atoms with Gasteiger partial charge in [-0.15, -0.1) is 0 Å². The van der Waals surface area contributed by atoms with Gasteiger partial charge >= 0.3 is 6.18 Å². The van der Waals surface area contributed by atoms with Gasteiger partial charge in [-0.3, -0.25) is 0 Å². The number of halogens is 8. The van der Waals surface area contributed by atoms with E-state index < -0.39 is 51.7 Å². The summed E-state index contributed by atoms with van der Waals surface area (Å²) in [6.45, 7) is 0. The molecule has 0 aromatic heterocycles. The zero-order chi connectivity index (χ0) is 11.1. The van der Waals surface area contributed by atoms with Crippen LogP contribution >= 0.6 is 20.7 Å². The standard InChI is InChI=1S/C6F7I/c7-2-1(6(11,12)13)3(8)5(10)14-4(2)9. The zero-order valence-electron chi connectivity index (χ0n) is 6.02. The topological polar surface area (TPSA) is 0 Å². The van der Waals surface area contributed by atoms with Gasteiger partial charge < -0.3 is 0 Å². The first kappa shape index (κ1) is 11.7. The summed E-state index contributed by atoms with van der Waals surface area (Å²) in [7, 11) is 0. The van der Waals surface area contributed by atoms with Crippen molar-refractivity contribution in [1.82, 2.24) is 0 Å². The molecule has 0 radical (unpaired) electrons. The molecular formula is C6F7I. The Morgan fingerprint density at radius 3 is 1.79 bits per heavy atom. The van der Waals surface area contributed by atoms with Gasteiger partial charge in [-0.05, 0) is 20.7 Å². The third-order valence-electron chi connectivity index (χ3n) is 1.22. The highest BCUT2D eigenvalue weighted by Gasteiger charge is 2.44. The Hall–Kier alpha value is -0.410. The van der Waals surface area contributed by atoms with Gasteiger partial charge in [0, 0.05) is 0 Å². The van der Waals surface area contributed by atoms with E-state index in [1.54, 1.807) is 0 Å². The van der Waals surface area contributed by atoms with Crippen LogP contribution in [0.2, 0.25) is 0 Å². The third-order valence-corrected chi connectivity index (χ3v) is 3.11. The molecule has 0 aromatic carbocycles. The molecule has 0 saturated heterocycles. The Labute approximate surface area is 82.8 Å². The quantitative estimate of drug-likeness (QED) is 0.465. The summed E-state index contributed by atoms with van der Waals surface area (Å²) >= 11 is -2.41. The minimum atomic E-state index is -5.44. The average molecular weight is 332 g/mol. The Morgan fingerprint density at radius 1 is 0.857 bits per heavy atom. The van der Waals surface area contributed by atoms with Crippen molar-refractivity contribution in [3.8, 4) is 0 Å². The molecule has 0 amide bonds. The van der Waals surface area contributed by atoms with Gasteiger partial charge in [0.2, 0.25) is 0 Å². The third kappa shape index (κ3) is 1.98. The Balaban J connectivity index is 3.42. The molecule has 0 aromatic rings. The van der Waals surface area contributed by atoms with Crippen LogP contribution in [0.15, 0.2) is 21.1 Å². The van der Waals surface area contributed by atoms with E-state index in [4.69, 9.17) is 0 Å². The summed E-state index contributed by atoms with van der Waals surface area (Å²) in [5.41, 5.74) is -2.50. The lowest BCUT2D eigenvalue weighted by atomic mass is 10.2. The lowest BCUT2D eigenvalue weighted by Gasteiger charge is -2.13. The highest BCUT2D eigenvalue weighted by atomic mass is 127. The molecule has 1 aliphatic rings. The van der Waals surface area contributed by atoms with Crippen LogP contribution in [0.1, 0.15) is 0 Å². The fourth-order valence-electron chi connectivity index (χ4n) is 0.690. The molecule has 0 nitrogen and oxygen atoms in total. The van der Waals surface area contributed by atoms with Crippen molar-refractivity contribution >= 4 is 24.5 Å². The maximum absolute atomic E-state index is 12.5. The van der Waals surface area contributed by atoms with Crippen molar-refractivity contribution < 1.29 is 30.7 Å². The monoisotopic (exact) mass is 332 g/mol. The van der Waals surface area contributed by atoms with Gasteiger partial charge in [-0.1, -0.05) is 0 Å². The van der Waals surface area contributed by atoms with Crippen molar-refractivity contribution in [2.45, 2.75) is 6.18 Å². The van der Waals surface area contributed by atoms with Crippen LogP contribution in [0.25, 0.3) is 0 Å². The summed E-state index contributed by atoms with van der Waals surface area (Å²) in [5.74, 6) is -4.69. The van der Waals surface area contributed by atoms with Gasteiger partial charge in [0.1, 0.15) is 5.57 Å². The van der Waals surface area contributed by atoms with Crippen molar-refractivity contribution in [3.63, 3.8) is 0 Å². The maximum atomic E-state index is 12.5. The second kappa shape index (κ2) is 3.63. The Kier molecular flexibility index (Phi) is 3.02. The summed E-state index contributed by atoms with van der Waals surface area (Å²) in [6, 6.07) is 0. The zero-order valence-corrected chi connectivity index (χ0v) is 8.18. The van der Waals surface area contributed by atoms with E-state index in [0.717, 1.165) is 0 Å². The highest BCUT2D eigenvalue weighted by molar-refractivity contribution is 14.2. The first-order valence-electron chi connectivity index (χ1n) is 2.95. The summed E-state index contributed by atoms with van der Waals surface area (Å²) in [5, 5.41) is 0. The molecule has 8 heteroatoms. The van der Waals surface area contributed by atoms with E-state index >= 15 is 0 Å². The van der Waals surface area contributed by atoms with Crippen LogP contribution < -0.4 is 0 Å². The first-order valence-corrected chi connectivity index (χ1v) is 5.11. The summed E-state index contributed by atoms with van der Waals surface area (Å²) in [4.78, 5) is 0. The van der Waals surface area contributed by atoms with Crippen molar-refractivity contribution in [2.75, 3.05) is 0 Å². The van der Waals surface area contributed by atoms with Crippen LogP contribution in [-0.2, 0) is 0 Å². The number of hydrogen-bond acceptors (Lipinski definition) is 0. The summed E-state index contributed by atoms with van der Waals surface area (Å²) < 4.78 is 81.7. The van der Waals surface area contributed by atoms with E-state index in [1.165, 1.54) is 0 Å². The van der Waals surface area contributed by atoms with Gasteiger partial charge in [-0.25, -0.2) is 8.78 Å². The lowest BCUT2D eigenvalue weighted by molar-refractivity contribution is -0.0927. The number of allylic oxidation sites excluding steroid dienone is 3. The molecular weight excluding hydrogens is 332 g/mol. The summed E-state index contributed by atoms with van der Waals surface area (Å²) in [6.07, 6.45) is -5.44. The molecule has 0 unspecified atom stereocenters. The van der Waals surface area contributed by atoms with Crippen molar-refractivity contribution in [3.05, 3.63) is 21.1 Å². The molecule has 0 saturated carbocycles. The van der Waals surface area contributed by atoms with Crippen LogP contribution in [0, 0.1) is 0 Å². The molecule has 0 fully saturated rings. The van der Waals surface area contributed by atoms with E-state index in [0.29, 0.717) is 0 Å². The predicted molar refractivity (Wildman–Crippen MR) is 43.6 cm³/mol. The lowest BCUT2D eigenvalue weighted by Crippen LogP contribution is -2.17. The molecule has 80 valence electrons. The fourth-order valence-corrected chi connectivity index (χ4v) is 2.12. The smallest absolute Gasteiger partial charge is 0.202 e.